The largest absolute Gasteiger partial charge is 0.354 e. The maximum Gasteiger partial charge on any atom is 0.244 e. The summed E-state index contributed by atoms with van der Waals surface area (Å²) in [7, 11) is -3.74. The molecule has 0 fully saturated rings. The lowest BCUT2D eigenvalue weighted by Crippen LogP contribution is -2.52. The first-order valence-corrected chi connectivity index (χ1v) is 13.1. The Morgan fingerprint density at radius 3 is 2.28 bits per heavy atom. The molecule has 2 aromatic carbocycles. The molecule has 0 radical (unpaired) electrons. The molecule has 9 heteroatoms. The van der Waals surface area contributed by atoms with Crippen LogP contribution in [-0.4, -0.2) is 57.1 Å². The zero-order valence-electron chi connectivity index (χ0n) is 18.6. The highest BCUT2D eigenvalue weighted by Gasteiger charge is 2.30. The number of anilines is 1. The number of halogens is 1. The molecule has 2 amide bonds. The van der Waals surface area contributed by atoms with Crippen LogP contribution in [0.5, 0.6) is 0 Å². The van der Waals surface area contributed by atoms with Gasteiger partial charge in [-0.3, -0.25) is 13.9 Å². The third kappa shape index (κ3) is 7.34. The molecule has 0 saturated heterocycles. The Bertz CT molecular complexity index is 1010. The number of rotatable bonds is 11. The van der Waals surface area contributed by atoms with Gasteiger partial charge in [-0.15, -0.1) is 0 Å². The molecule has 0 aliphatic carbocycles. The Hall–Kier alpha value is -2.39. The van der Waals surface area contributed by atoms with Crippen molar-refractivity contribution in [2.45, 2.75) is 32.7 Å². The first-order valence-electron chi connectivity index (χ1n) is 10.5. The number of carbonyl (C=O) groups is 2. The highest BCUT2D eigenvalue weighted by molar-refractivity contribution is 9.10. The molecular formula is C23H30BrN3O4S. The van der Waals surface area contributed by atoms with Gasteiger partial charge in [0.05, 0.1) is 11.9 Å². The number of nitrogens with one attached hydrogen (secondary N) is 1. The van der Waals surface area contributed by atoms with E-state index in [0.29, 0.717) is 23.1 Å². The Balaban J connectivity index is 2.29. The summed E-state index contributed by atoms with van der Waals surface area (Å²) in [5, 5.41) is 2.82. The number of carbonyl (C=O) groups excluding carboxylic acids is 2. The minimum atomic E-state index is -3.74. The zero-order valence-corrected chi connectivity index (χ0v) is 21.0. The minimum Gasteiger partial charge on any atom is -0.354 e. The van der Waals surface area contributed by atoms with Gasteiger partial charge in [0, 0.05) is 17.6 Å². The van der Waals surface area contributed by atoms with Gasteiger partial charge in [-0.05, 0) is 53.4 Å². The van der Waals surface area contributed by atoms with Crippen LogP contribution in [0.3, 0.4) is 0 Å². The summed E-state index contributed by atoms with van der Waals surface area (Å²) in [6, 6.07) is 15.7. The van der Waals surface area contributed by atoms with Crippen LogP contribution in [0.1, 0.15) is 25.8 Å². The number of hydrogen-bond acceptors (Lipinski definition) is 4. The van der Waals surface area contributed by atoms with Crippen molar-refractivity contribution in [1.82, 2.24) is 10.2 Å². The molecule has 2 aromatic rings. The molecule has 0 bridgehead atoms. The molecule has 0 aromatic heterocycles. The fraction of sp³-hybridized carbons (Fsp3) is 0.391. The predicted molar refractivity (Wildman–Crippen MR) is 131 cm³/mol. The summed E-state index contributed by atoms with van der Waals surface area (Å²) in [6.45, 7) is 4.01. The molecule has 0 heterocycles. The van der Waals surface area contributed by atoms with Crippen molar-refractivity contribution in [1.29, 1.82) is 0 Å². The van der Waals surface area contributed by atoms with Crippen LogP contribution in [0.4, 0.5) is 5.69 Å². The second-order valence-electron chi connectivity index (χ2n) is 7.51. The molecular weight excluding hydrogens is 494 g/mol. The number of amides is 2. The van der Waals surface area contributed by atoms with E-state index >= 15 is 0 Å². The molecule has 174 valence electrons. The van der Waals surface area contributed by atoms with Crippen molar-refractivity contribution < 1.29 is 18.0 Å². The molecule has 1 N–H and O–H groups in total. The van der Waals surface area contributed by atoms with E-state index in [1.807, 2.05) is 37.3 Å². The van der Waals surface area contributed by atoms with E-state index in [0.717, 1.165) is 22.5 Å². The van der Waals surface area contributed by atoms with Gasteiger partial charge in [0.1, 0.15) is 12.6 Å². The third-order valence-corrected chi connectivity index (χ3v) is 6.80. The Kier molecular flexibility index (Phi) is 9.71. The Labute approximate surface area is 199 Å². The topological polar surface area (TPSA) is 86.8 Å². The van der Waals surface area contributed by atoms with Gasteiger partial charge < -0.3 is 10.2 Å². The first-order chi connectivity index (χ1) is 15.1. The molecule has 7 nitrogen and oxygen atoms in total. The number of hydrogen-bond donors (Lipinski definition) is 1. The summed E-state index contributed by atoms with van der Waals surface area (Å²) >= 11 is 3.36. The van der Waals surface area contributed by atoms with Gasteiger partial charge in [0.15, 0.2) is 0 Å². The summed E-state index contributed by atoms with van der Waals surface area (Å²) < 4.78 is 26.7. The molecule has 2 rings (SSSR count). The van der Waals surface area contributed by atoms with Crippen LogP contribution >= 0.6 is 15.9 Å². The maximum absolute atomic E-state index is 13.4. The average molecular weight is 524 g/mol. The van der Waals surface area contributed by atoms with E-state index in [2.05, 4.69) is 21.2 Å². The van der Waals surface area contributed by atoms with E-state index in [9.17, 15) is 18.0 Å². The van der Waals surface area contributed by atoms with Crippen molar-refractivity contribution in [3.63, 3.8) is 0 Å². The van der Waals surface area contributed by atoms with Gasteiger partial charge in [-0.1, -0.05) is 49.4 Å². The van der Waals surface area contributed by atoms with E-state index < -0.39 is 28.5 Å². The molecule has 0 spiro atoms. The third-order valence-electron chi connectivity index (χ3n) is 5.00. The van der Waals surface area contributed by atoms with Crippen LogP contribution in [0.25, 0.3) is 0 Å². The highest BCUT2D eigenvalue weighted by Crippen LogP contribution is 2.27. The van der Waals surface area contributed by atoms with Gasteiger partial charge in [-0.2, -0.15) is 0 Å². The lowest BCUT2D eigenvalue weighted by molar-refractivity contribution is -0.138. The Morgan fingerprint density at radius 2 is 1.69 bits per heavy atom. The summed E-state index contributed by atoms with van der Waals surface area (Å²) in [6.07, 6.45) is 2.39. The smallest absolute Gasteiger partial charge is 0.244 e. The van der Waals surface area contributed by atoms with E-state index in [-0.39, 0.29) is 12.5 Å². The number of nitrogens with zero attached hydrogens (tertiary/aromatic N) is 2. The van der Waals surface area contributed by atoms with E-state index in [1.165, 1.54) is 4.90 Å². The van der Waals surface area contributed by atoms with Gasteiger partial charge in [-0.25, -0.2) is 8.42 Å². The van der Waals surface area contributed by atoms with Gasteiger partial charge in [0.2, 0.25) is 21.8 Å². The van der Waals surface area contributed by atoms with Crippen molar-refractivity contribution in [2.24, 2.45) is 0 Å². The maximum atomic E-state index is 13.4. The van der Waals surface area contributed by atoms with Gasteiger partial charge in [0.25, 0.3) is 0 Å². The second-order valence-corrected chi connectivity index (χ2v) is 10.3. The Morgan fingerprint density at radius 1 is 1.06 bits per heavy atom. The average Bonchev–Trinajstić information content (AvgIpc) is 2.76. The fourth-order valence-corrected chi connectivity index (χ4v) is 4.69. The summed E-state index contributed by atoms with van der Waals surface area (Å²) in [5.41, 5.74) is 1.40. The summed E-state index contributed by atoms with van der Waals surface area (Å²) in [5.74, 6) is -0.707. The van der Waals surface area contributed by atoms with Crippen LogP contribution in [-0.2, 0) is 26.0 Å². The monoisotopic (exact) mass is 523 g/mol. The van der Waals surface area contributed by atoms with Crippen molar-refractivity contribution in [3.05, 3.63) is 64.6 Å². The fourth-order valence-electron chi connectivity index (χ4n) is 3.21. The van der Waals surface area contributed by atoms with E-state index in [4.69, 9.17) is 0 Å². The second kappa shape index (κ2) is 12.0. The SMILES string of the molecule is CCCNC(=O)[C@@H](C)N(CCc1ccccc1)C(=O)CN(c1ccccc1Br)S(C)(=O)=O. The van der Waals surface area contributed by atoms with Crippen molar-refractivity contribution in [2.75, 3.05) is 30.2 Å². The summed E-state index contributed by atoms with van der Waals surface area (Å²) in [4.78, 5) is 27.4. The number of sulfonamides is 1. The number of benzene rings is 2. The highest BCUT2D eigenvalue weighted by atomic mass is 79.9. The molecule has 0 aliphatic heterocycles. The lowest BCUT2D eigenvalue weighted by atomic mass is 10.1. The minimum absolute atomic E-state index is 0.264. The predicted octanol–water partition coefficient (Wildman–Crippen LogP) is 3.20. The zero-order chi connectivity index (χ0) is 23.7. The number of para-hydroxylation sites is 1. The molecule has 0 saturated carbocycles. The normalized spacial score (nSPS) is 12.1. The van der Waals surface area contributed by atoms with Crippen LogP contribution in [0, 0.1) is 0 Å². The van der Waals surface area contributed by atoms with E-state index in [1.54, 1.807) is 31.2 Å². The van der Waals surface area contributed by atoms with Crippen LogP contribution < -0.4 is 9.62 Å². The standard InChI is InChI=1S/C23H30BrN3O4S/c1-4-15-25-23(29)18(2)26(16-14-19-10-6-5-7-11-19)22(28)17-27(32(3,30)31)21-13-9-8-12-20(21)24/h5-13,18H,4,14-17H2,1-3H3,(H,25,29)/t18-/m1/s1. The molecule has 1 atom stereocenters. The van der Waals surface area contributed by atoms with Gasteiger partial charge >= 0.3 is 0 Å². The lowest BCUT2D eigenvalue weighted by Gasteiger charge is -2.31. The molecule has 0 aliphatic rings. The first kappa shape index (κ1) is 25.9. The quantitative estimate of drug-likeness (QED) is 0.489. The van der Waals surface area contributed by atoms with Crippen LogP contribution in [0.15, 0.2) is 59.1 Å². The van der Waals surface area contributed by atoms with Crippen molar-refractivity contribution >= 4 is 43.5 Å². The van der Waals surface area contributed by atoms with Crippen molar-refractivity contribution in [3.8, 4) is 0 Å². The molecule has 0 unspecified atom stereocenters. The van der Waals surface area contributed by atoms with Crippen LogP contribution in [0.2, 0.25) is 0 Å². The molecule has 32 heavy (non-hydrogen) atoms.